The van der Waals surface area contributed by atoms with Crippen LogP contribution >= 0.6 is 23.4 Å². The maximum absolute atomic E-state index is 12.5. The van der Waals surface area contributed by atoms with Crippen molar-refractivity contribution in [3.8, 4) is 0 Å². The number of halogens is 2. The van der Waals surface area contributed by atoms with Crippen LogP contribution in [-0.2, 0) is 4.79 Å². The van der Waals surface area contributed by atoms with Crippen molar-refractivity contribution < 1.29 is 14.1 Å². The molecule has 0 aromatic rings. The molecule has 0 aliphatic heterocycles. The second-order valence-corrected chi connectivity index (χ2v) is 3.26. The highest BCUT2D eigenvalue weighted by molar-refractivity contribution is 8.13. The van der Waals surface area contributed by atoms with E-state index in [1.54, 1.807) is 6.92 Å². The van der Waals surface area contributed by atoms with E-state index < -0.39 is 15.3 Å². The van der Waals surface area contributed by atoms with Gasteiger partial charge in [-0.3, -0.25) is 14.9 Å². The first-order valence-corrected chi connectivity index (χ1v) is 3.98. The number of nitro groups is 1. The Morgan fingerprint density at radius 2 is 2.36 bits per heavy atom. The molecule has 1 unspecified atom stereocenters. The van der Waals surface area contributed by atoms with E-state index in [1.807, 2.05) is 0 Å². The monoisotopic (exact) mass is 201 g/mol. The molecule has 0 aliphatic rings. The second-order valence-electron chi connectivity index (χ2n) is 1.52. The number of nitrogens with zero attached hydrogens (tertiary/aromatic N) is 1. The predicted octanol–water partition coefficient (Wildman–Crippen LogP) is 1.40. The van der Waals surface area contributed by atoms with Crippen LogP contribution < -0.4 is 0 Å². The zero-order valence-electron chi connectivity index (χ0n) is 5.54. The highest BCUT2D eigenvalue weighted by Gasteiger charge is 2.49. The molecule has 0 fully saturated rings. The summed E-state index contributed by atoms with van der Waals surface area (Å²) in [5.41, 5.74) is 0. The Hall–Kier alpha value is -0.360. The third kappa shape index (κ3) is 2.63. The Balaban J connectivity index is 4.30. The van der Waals surface area contributed by atoms with Crippen LogP contribution in [0.4, 0.5) is 4.39 Å². The maximum Gasteiger partial charge on any atom is 0.507 e. The largest absolute Gasteiger partial charge is 0.507 e. The number of alkyl halides is 2. The summed E-state index contributed by atoms with van der Waals surface area (Å²) in [4.78, 5) is 18.9. The Morgan fingerprint density at radius 3 is 2.64 bits per heavy atom. The van der Waals surface area contributed by atoms with Crippen molar-refractivity contribution in [2.24, 2.45) is 0 Å². The molecule has 0 amide bonds. The number of thioether (sulfide) groups is 1. The molecule has 7 heteroatoms. The van der Waals surface area contributed by atoms with Crippen LogP contribution in [0.5, 0.6) is 0 Å². The Labute approximate surface area is 71.2 Å². The van der Waals surface area contributed by atoms with Gasteiger partial charge < -0.3 is 0 Å². The summed E-state index contributed by atoms with van der Waals surface area (Å²) in [5, 5.41) is 5.04. The zero-order valence-corrected chi connectivity index (χ0v) is 7.12. The standard InChI is InChI=1S/C4H5ClFNO3S/c1-2-11-3(8)4(5,6)7(9)10/h2H2,1H3. The summed E-state index contributed by atoms with van der Waals surface area (Å²) in [7, 11) is 0. The number of rotatable bonds is 3. The van der Waals surface area contributed by atoms with Crippen molar-refractivity contribution >= 4 is 28.5 Å². The normalized spacial score (nSPS) is 15.5. The van der Waals surface area contributed by atoms with Gasteiger partial charge in [-0.05, 0) is 5.75 Å². The lowest BCUT2D eigenvalue weighted by Gasteiger charge is -2.04. The summed E-state index contributed by atoms with van der Waals surface area (Å²) in [5.74, 6) is 0.255. The molecule has 0 aliphatic carbocycles. The minimum absolute atomic E-state index is 0.255. The molecular formula is C4H5ClFNO3S. The van der Waals surface area contributed by atoms with Gasteiger partial charge in [0.25, 0.3) is 0 Å². The highest BCUT2D eigenvalue weighted by atomic mass is 35.5. The van der Waals surface area contributed by atoms with Crippen molar-refractivity contribution in [2.75, 3.05) is 5.75 Å². The fourth-order valence-electron chi connectivity index (χ4n) is 0.292. The maximum atomic E-state index is 12.5. The summed E-state index contributed by atoms with van der Waals surface area (Å²) in [6.45, 7) is 1.56. The minimum atomic E-state index is -3.47. The summed E-state index contributed by atoms with van der Waals surface area (Å²) in [6.07, 6.45) is 0. The Kier molecular flexibility index (Phi) is 3.74. The molecule has 0 heterocycles. The Morgan fingerprint density at radius 1 is 1.91 bits per heavy atom. The quantitative estimate of drug-likeness (QED) is 0.300. The van der Waals surface area contributed by atoms with Gasteiger partial charge in [0.2, 0.25) is 0 Å². The smallest absolute Gasteiger partial charge is 0.274 e. The Bertz CT molecular complexity index is 186. The van der Waals surface area contributed by atoms with Gasteiger partial charge >= 0.3 is 10.4 Å². The molecule has 64 valence electrons. The molecule has 0 radical (unpaired) electrons. The summed E-state index contributed by atoms with van der Waals surface area (Å²) < 4.78 is 12.5. The average Bonchev–Trinajstić information content (AvgIpc) is 1.88. The third-order valence-corrected chi connectivity index (χ3v) is 1.99. The molecule has 0 N–H and O–H groups in total. The minimum Gasteiger partial charge on any atom is -0.274 e. The number of hydrogen-bond acceptors (Lipinski definition) is 4. The lowest BCUT2D eigenvalue weighted by Crippen LogP contribution is -2.34. The van der Waals surface area contributed by atoms with Gasteiger partial charge in [0.1, 0.15) is 0 Å². The van der Waals surface area contributed by atoms with E-state index in [2.05, 4.69) is 11.6 Å². The van der Waals surface area contributed by atoms with Crippen molar-refractivity contribution in [3.05, 3.63) is 10.1 Å². The van der Waals surface area contributed by atoms with Crippen LogP contribution in [-0.4, -0.2) is 21.0 Å². The van der Waals surface area contributed by atoms with Crippen molar-refractivity contribution in [3.63, 3.8) is 0 Å². The molecular weight excluding hydrogens is 197 g/mol. The lowest BCUT2D eigenvalue weighted by molar-refractivity contribution is -0.555. The number of hydrogen-bond donors (Lipinski definition) is 0. The first-order chi connectivity index (χ1) is 4.92. The molecule has 0 rings (SSSR count). The van der Waals surface area contributed by atoms with Gasteiger partial charge in [-0.2, -0.15) is 0 Å². The first kappa shape index (κ1) is 10.6. The van der Waals surface area contributed by atoms with Crippen LogP contribution in [0, 0.1) is 10.1 Å². The molecule has 11 heavy (non-hydrogen) atoms. The van der Waals surface area contributed by atoms with Crippen LogP contribution in [0.15, 0.2) is 0 Å². The van der Waals surface area contributed by atoms with E-state index in [0.717, 1.165) is 0 Å². The molecule has 0 spiro atoms. The number of carbonyl (C=O) groups is 1. The van der Waals surface area contributed by atoms with Gasteiger partial charge in [-0.1, -0.05) is 18.7 Å². The summed E-state index contributed by atoms with van der Waals surface area (Å²) in [6, 6.07) is 0. The SMILES string of the molecule is CCSC(=O)C(F)(Cl)[N+](=O)[O-]. The van der Waals surface area contributed by atoms with Crippen molar-refractivity contribution in [1.29, 1.82) is 0 Å². The predicted molar refractivity (Wildman–Crippen MR) is 39.8 cm³/mol. The number of carbonyl (C=O) groups excluding carboxylic acids is 1. The van der Waals surface area contributed by atoms with E-state index >= 15 is 0 Å². The van der Waals surface area contributed by atoms with E-state index in [-0.39, 0.29) is 5.75 Å². The van der Waals surface area contributed by atoms with Crippen molar-refractivity contribution in [2.45, 2.75) is 12.2 Å². The van der Waals surface area contributed by atoms with E-state index in [4.69, 9.17) is 0 Å². The van der Waals surface area contributed by atoms with E-state index in [9.17, 15) is 19.3 Å². The van der Waals surface area contributed by atoms with Crippen LogP contribution in [0.3, 0.4) is 0 Å². The molecule has 0 aromatic heterocycles. The fourth-order valence-corrected chi connectivity index (χ4v) is 0.967. The van der Waals surface area contributed by atoms with Crippen LogP contribution in [0.25, 0.3) is 0 Å². The van der Waals surface area contributed by atoms with Crippen LogP contribution in [0.2, 0.25) is 0 Å². The molecule has 0 aromatic carbocycles. The van der Waals surface area contributed by atoms with Gasteiger partial charge in [0.05, 0.1) is 4.92 Å². The first-order valence-electron chi connectivity index (χ1n) is 2.62. The molecule has 0 bridgehead atoms. The average molecular weight is 202 g/mol. The fraction of sp³-hybridized carbons (Fsp3) is 0.750. The van der Waals surface area contributed by atoms with Crippen molar-refractivity contribution in [1.82, 2.24) is 0 Å². The topological polar surface area (TPSA) is 60.2 Å². The molecule has 0 saturated heterocycles. The lowest BCUT2D eigenvalue weighted by atomic mass is 10.7. The molecule has 0 saturated carbocycles. The van der Waals surface area contributed by atoms with Gasteiger partial charge in [0, 0.05) is 11.6 Å². The summed E-state index contributed by atoms with van der Waals surface area (Å²) >= 11 is 5.14. The zero-order chi connectivity index (χ0) is 9.07. The van der Waals surface area contributed by atoms with Gasteiger partial charge in [0.15, 0.2) is 0 Å². The molecule has 4 nitrogen and oxygen atoms in total. The van der Waals surface area contributed by atoms with E-state index in [0.29, 0.717) is 11.8 Å². The van der Waals surface area contributed by atoms with Gasteiger partial charge in [-0.25, -0.2) is 0 Å². The van der Waals surface area contributed by atoms with Crippen LogP contribution in [0.1, 0.15) is 6.92 Å². The second kappa shape index (κ2) is 3.87. The molecule has 1 atom stereocenters. The van der Waals surface area contributed by atoms with E-state index in [1.165, 1.54) is 0 Å². The van der Waals surface area contributed by atoms with Gasteiger partial charge in [-0.15, -0.1) is 4.39 Å². The third-order valence-electron chi connectivity index (χ3n) is 0.750. The highest BCUT2D eigenvalue weighted by Crippen LogP contribution is 2.24.